The molecule has 0 atom stereocenters. The number of aromatic nitrogens is 2. The Kier molecular flexibility index (Phi) is 4.66. The summed E-state index contributed by atoms with van der Waals surface area (Å²) in [5.74, 6) is -1.27. The van der Waals surface area contributed by atoms with Crippen LogP contribution in [0.5, 0.6) is 5.75 Å². The van der Waals surface area contributed by atoms with Crippen molar-refractivity contribution < 1.29 is 22.7 Å². The van der Waals surface area contributed by atoms with Crippen molar-refractivity contribution in [2.75, 3.05) is 6.61 Å². The molecule has 1 heterocycles. The van der Waals surface area contributed by atoms with Crippen LogP contribution in [-0.2, 0) is 6.54 Å². The van der Waals surface area contributed by atoms with Crippen LogP contribution in [0.1, 0.15) is 10.4 Å². The molecule has 0 unspecified atom stereocenters. The fourth-order valence-electron chi connectivity index (χ4n) is 1.58. The Morgan fingerprint density at radius 2 is 2.14 bits per heavy atom. The summed E-state index contributed by atoms with van der Waals surface area (Å²) in [6, 6.07) is 7.16. The SMILES string of the molecule is O=C(c1cnn(CCOc2cccc(Br)c2)c1)C(F)(F)F. The summed E-state index contributed by atoms with van der Waals surface area (Å²) in [5, 5.41) is 3.71. The minimum absolute atomic E-state index is 0.220. The van der Waals surface area contributed by atoms with Crippen molar-refractivity contribution >= 4 is 21.7 Å². The molecule has 0 saturated carbocycles. The Bertz CT molecular complexity index is 640. The maximum Gasteiger partial charge on any atom is 0.454 e. The van der Waals surface area contributed by atoms with E-state index in [9.17, 15) is 18.0 Å². The molecule has 4 nitrogen and oxygen atoms in total. The lowest BCUT2D eigenvalue weighted by Gasteiger charge is -2.06. The number of Topliss-reactive ketones (excluding diaryl/α,β-unsaturated/α-hetero) is 1. The molecular weight excluding hydrogens is 353 g/mol. The van der Waals surface area contributed by atoms with Gasteiger partial charge in [0.25, 0.3) is 5.78 Å². The van der Waals surface area contributed by atoms with Crippen molar-refractivity contribution in [3.63, 3.8) is 0 Å². The smallest absolute Gasteiger partial charge is 0.454 e. The van der Waals surface area contributed by atoms with Crippen LogP contribution < -0.4 is 4.74 Å². The van der Waals surface area contributed by atoms with E-state index in [4.69, 9.17) is 4.74 Å². The molecule has 0 spiro atoms. The summed E-state index contributed by atoms with van der Waals surface area (Å²) in [7, 11) is 0. The van der Waals surface area contributed by atoms with E-state index in [2.05, 4.69) is 21.0 Å². The number of hydrogen-bond donors (Lipinski definition) is 0. The standard InChI is InChI=1S/C13H10BrF3N2O2/c14-10-2-1-3-11(6-10)21-5-4-19-8-9(7-18-19)12(20)13(15,16)17/h1-3,6-8H,4-5H2. The lowest BCUT2D eigenvalue weighted by molar-refractivity contribution is -0.0885. The monoisotopic (exact) mass is 362 g/mol. The predicted molar refractivity (Wildman–Crippen MR) is 72.2 cm³/mol. The normalized spacial score (nSPS) is 11.4. The van der Waals surface area contributed by atoms with Gasteiger partial charge in [-0.15, -0.1) is 0 Å². The minimum Gasteiger partial charge on any atom is -0.492 e. The zero-order chi connectivity index (χ0) is 15.5. The van der Waals surface area contributed by atoms with Crippen LogP contribution in [0.25, 0.3) is 0 Å². The average molecular weight is 363 g/mol. The fourth-order valence-corrected chi connectivity index (χ4v) is 1.96. The van der Waals surface area contributed by atoms with Crippen LogP contribution in [0.3, 0.4) is 0 Å². The fraction of sp³-hybridized carbons (Fsp3) is 0.231. The molecule has 0 fully saturated rings. The van der Waals surface area contributed by atoms with Crippen molar-refractivity contribution in [2.45, 2.75) is 12.7 Å². The summed E-state index contributed by atoms with van der Waals surface area (Å²) >= 11 is 3.30. The number of carbonyl (C=O) groups is 1. The van der Waals surface area contributed by atoms with Gasteiger partial charge in [-0.25, -0.2) is 0 Å². The first-order valence-corrected chi connectivity index (χ1v) is 6.68. The Hall–Kier alpha value is -1.83. The average Bonchev–Trinajstić information content (AvgIpc) is 2.85. The number of carbonyl (C=O) groups excluding carboxylic acids is 1. The summed E-state index contributed by atoms with van der Waals surface area (Å²) in [4.78, 5) is 11.0. The first-order chi connectivity index (χ1) is 9.86. The topological polar surface area (TPSA) is 44.1 Å². The van der Waals surface area contributed by atoms with Gasteiger partial charge in [-0.3, -0.25) is 9.48 Å². The highest BCUT2D eigenvalue weighted by Gasteiger charge is 2.39. The predicted octanol–water partition coefficient (Wildman–Crippen LogP) is 3.47. The molecule has 2 aromatic rings. The number of benzene rings is 1. The molecule has 0 saturated heterocycles. The third-order valence-corrected chi connectivity index (χ3v) is 3.03. The highest BCUT2D eigenvalue weighted by Crippen LogP contribution is 2.21. The van der Waals surface area contributed by atoms with Crippen LogP contribution >= 0.6 is 15.9 Å². The van der Waals surface area contributed by atoms with Gasteiger partial charge in [-0.2, -0.15) is 18.3 Å². The molecule has 0 aliphatic heterocycles. The molecule has 112 valence electrons. The van der Waals surface area contributed by atoms with Gasteiger partial charge in [0.1, 0.15) is 12.4 Å². The van der Waals surface area contributed by atoms with Crippen molar-refractivity contribution in [1.82, 2.24) is 9.78 Å². The summed E-state index contributed by atoms with van der Waals surface area (Å²) in [6.07, 6.45) is -2.93. The van der Waals surface area contributed by atoms with Gasteiger partial charge in [-0.05, 0) is 18.2 Å². The second kappa shape index (κ2) is 6.30. The van der Waals surface area contributed by atoms with E-state index in [-0.39, 0.29) is 13.2 Å². The Balaban J connectivity index is 1.90. The maximum absolute atomic E-state index is 12.2. The highest BCUT2D eigenvalue weighted by atomic mass is 79.9. The number of hydrogen-bond acceptors (Lipinski definition) is 3. The van der Waals surface area contributed by atoms with Gasteiger partial charge >= 0.3 is 6.18 Å². The van der Waals surface area contributed by atoms with Crippen molar-refractivity contribution in [1.29, 1.82) is 0 Å². The second-order valence-corrected chi connectivity index (χ2v) is 5.04. The van der Waals surface area contributed by atoms with E-state index >= 15 is 0 Å². The van der Waals surface area contributed by atoms with Gasteiger partial charge in [-0.1, -0.05) is 22.0 Å². The molecule has 1 aromatic heterocycles. The van der Waals surface area contributed by atoms with Crippen LogP contribution in [-0.4, -0.2) is 28.3 Å². The molecule has 0 N–H and O–H groups in total. The Morgan fingerprint density at radius 1 is 1.38 bits per heavy atom. The largest absolute Gasteiger partial charge is 0.492 e. The summed E-state index contributed by atoms with van der Waals surface area (Å²) in [6.45, 7) is 0.454. The Labute approximate surface area is 126 Å². The van der Waals surface area contributed by atoms with Crippen LogP contribution in [0.2, 0.25) is 0 Å². The van der Waals surface area contributed by atoms with Crippen molar-refractivity contribution in [3.8, 4) is 5.75 Å². The first kappa shape index (κ1) is 15.6. The third kappa shape index (κ3) is 4.32. The molecular formula is C13H10BrF3N2O2. The summed E-state index contributed by atoms with van der Waals surface area (Å²) in [5.41, 5.74) is -0.482. The number of ketones is 1. The lowest BCUT2D eigenvalue weighted by atomic mass is 10.2. The number of ether oxygens (including phenoxy) is 1. The minimum atomic E-state index is -4.89. The molecule has 21 heavy (non-hydrogen) atoms. The van der Waals surface area contributed by atoms with E-state index in [0.29, 0.717) is 5.75 Å². The highest BCUT2D eigenvalue weighted by molar-refractivity contribution is 9.10. The zero-order valence-corrected chi connectivity index (χ0v) is 12.2. The molecule has 0 radical (unpaired) electrons. The van der Waals surface area contributed by atoms with Gasteiger partial charge in [0.15, 0.2) is 0 Å². The lowest BCUT2D eigenvalue weighted by Crippen LogP contribution is -2.22. The molecule has 2 rings (SSSR count). The zero-order valence-electron chi connectivity index (χ0n) is 10.6. The molecule has 0 aliphatic carbocycles. The molecule has 0 amide bonds. The van der Waals surface area contributed by atoms with E-state index in [0.717, 1.165) is 16.9 Å². The molecule has 1 aromatic carbocycles. The number of rotatable bonds is 5. The quantitative estimate of drug-likeness (QED) is 0.765. The van der Waals surface area contributed by atoms with E-state index in [1.165, 1.54) is 4.68 Å². The van der Waals surface area contributed by atoms with E-state index < -0.39 is 17.5 Å². The second-order valence-electron chi connectivity index (χ2n) is 4.12. The maximum atomic E-state index is 12.2. The molecule has 8 heteroatoms. The van der Waals surface area contributed by atoms with Crippen molar-refractivity contribution in [3.05, 3.63) is 46.7 Å². The molecule has 0 bridgehead atoms. The van der Waals surface area contributed by atoms with Gasteiger partial charge in [0, 0.05) is 10.7 Å². The summed E-state index contributed by atoms with van der Waals surface area (Å²) < 4.78 is 44.2. The van der Waals surface area contributed by atoms with Crippen LogP contribution in [0, 0.1) is 0 Å². The van der Waals surface area contributed by atoms with E-state index in [1.807, 2.05) is 6.07 Å². The first-order valence-electron chi connectivity index (χ1n) is 5.88. The molecule has 0 aliphatic rings. The Morgan fingerprint density at radius 3 is 2.81 bits per heavy atom. The van der Waals surface area contributed by atoms with Crippen molar-refractivity contribution in [2.24, 2.45) is 0 Å². The number of nitrogens with zero attached hydrogens (tertiary/aromatic N) is 2. The van der Waals surface area contributed by atoms with Gasteiger partial charge in [0.2, 0.25) is 0 Å². The van der Waals surface area contributed by atoms with E-state index in [1.54, 1.807) is 18.2 Å². The number of halogens is 4. The van der Waals surface area contributed by atoms with Crippen LogP contribution in [0.4, 0.5) is 13.2 Å². The number of alkyl halides is 3. The van der Waals surface area contributed by atoms with Crippen LogP contribution in [0.15, 0.2) is 41.1 Å². The van der Waals surface area contributed by atoms with Gasteiger partial charge < -0.3 is 4.74 Å². The third-order valence-electron chi connectivity index (χ3n) is 2.54. The van der Waals surface area contributed by atoms with Gasteiger partial charge in [0.05, 0.1) is 18.3 Å².